The summed E-state index contributed by atoms with van der Waals surface area (Å²) in [5.74, 6) is 1.85. The van der Waals surface area contributed by atoms with Crippen LogP contribution in [0, 0.1) is 11.8 Å². The number of nitrogens with one attached hydrogen (secondary N) is 1. The van der Waals surface area contributed by atoms with Crippen LogP contribution in [0.25, 0.3) is 0 Å². The Morgan fingerprint density at radius 1 is 1.06 bits per heavy atom. The van der Waals surface area contributed by atoms with E-state index in [0.29, 0.717) is 0 Å². The second-order valence-electron chi connectivity index (χ2n) is 6.20. The van der Waals surface area contributed by atoms with Crippen molar-refractivity contribution in [3.05, 3.63) is 0 Å². The van der Waals surface area contributed by atoms with E-state index in [1.807, 2.05) is 0 Å². The van der Waals surface area contributed by atoms with Gasteiger partial charge in [-0.15, -0.1) is 0 Å². The molecular weight excluding hydrogens is 206 g/mol. The Labute approximate surface area is 109 Å². The molecule has 0 aromatic heterocycles. The van der Waals surface area contributed by atoms with Gasteiger partial charge < -0.3 is 5.32 Å². The summed E-state index contributed by atoms with van der Waals surface area (Å²) in [6.07, 6.45) is 13.3. The molecule has 1 nitrogen and oxygen atoms in total. The highest BCUT2D eigenvalue weighted by Gasteiger charge is 2.14. The van der Waals surface area contributed by atoms with Gasteiger partial charge in [-0.3, -0.25) is 0 Å². The quantitative estimate of drug-likeness (QED) is 0.602. The number of hydrogen-bond acceptors (Lipinski definition) is 1. The zero-order valence-electron chi connectivity index (χ0n) is 12.3. The molecule has 0 amide bonds. The van der Waals surface area contributed by atoms with E-state index in [4.69, 9.17) is 0 Å². The second-order valence-corrected chi connectivity index (χ2v) is 6.20. The molecule has 102 valence electrons. The normalized spacial score (nSPS) is 19.8. The fourth-order valence-electron chi connectivity index (χ4n) is 3.21. The van der Waals surface area contributed by atoms with Crippen LogP contribution in [0.15, 0.2) is 0 Å². The molecule has 1 fully saturated rings. The van der Waals surface area contributed by atoms with Crippen LogP contribution < -0.4 is 5.32 Å². The van der Waals surface area contributed by atoms with Crippen LogP contribution in [0.1, 0.15) is 78.6 Å². The smallest absolute Gasteiger partial charge is 0.00899 e. The summed E-state index contributed by atoms with van der Waals surface area (Å²) in [6.45, 7) is 8.02. The highest BCUT2D eigenvalue weighted by atomic mass is 14.9. The Kier molecular flexibility index (Phi) is 7.92. The van der Waals surface area contributed by atoms with E-state index in [9.17, 15) is 0 Å². The lowest BCUT2D eigenvalue weighted by molar-refractivity contribution is 0.317. The monoisotopic (exact) mass is 239 g/mol. The van der Waals surface area contributed by atoms with Crippen LogP contribution in [0.4, 0.5) is 0 Å². The third-order valence-electron chi connectivity index (χ3n) is 4.37. The first-order valence-electron chi connectivity index (χ1n) is 7.97. The summed E-state index contributed by atoms with van der Waals surface area (Å²) >= 11 is 0. The Bertz CT molecular complexity index is 170. The molecular formula is C16H33N. The largest absolute Gasteiger partial charge is 0.314 e. The maximum atomic E-state index is 3.62. The average Bonchev–Trinajstić information content (AvgIpc) is 2.34. The van der Waals surface area contributed by atoms with Gasteiger partial charge in [-0.2, -0.15) is 0 Å². The lowest BCUT2D eigenvalue weighted by Gasteiger charge is -2.23. The Hall–Kier alpha value is -0.0400. The molecule has 1 aliphatic rings. The summed E-state index contributed by atoms with van der Waals surface area (Å²) in [7, 11) is 0. The summed E-state index contributed by atoms with van der Waals surface area (Å²) in [5.41, 5.74) is 0. The molecule has 0 aromatic carbocycles. The minimum atomic E-state index is 0.742. The summed E-state index contributed by atoms with van der Waals surface area (Å²) < 4.78 is 0. The van der Waals surface area contributed by atoms with Gasteiger partial charge in [-0.25, -0.2) is 0 Å². The predicted molar refractivity (Wildman–Crippen MR) is 77.3 cm³/mol. The standard InChI is InChI=1S/C16H33N/c1-4-17-16(14(2)3)13-9-8-12-15-10-6-5-7-11-15/h14-17H,4-13H2,1-3H3. The number of hydrogen-bond donors (Lipinski definition) is 1. The van der Waals surface area contributed by atoms with Gasteiger partial charge in [-0.05, 0) is 24.8 Å². The molecule has 0 aliphatic heterocycles. The van der Waals surface area contributed by atoms with Crippen LogP contribution >= 0.6 is 0 Å². The SMILES string of the molecule is CCNC(CCCCC1CCCCC1)C(C)C. The summed E-state index contributed by atoms with van der Waals surface area (Å²) in [6, 6.07) is 0.742. The second kappa shape index (κ2) is 8.97. The van der Waals surface area contributed by atoms with E-state index < -0.39 is 0 Å². The highest BCUT2D eigenvalue weighted by Crippen LogP contribution is 2.28. The van der Waals surface area contributed by atoms with Crippen LogP contribution in [0.3, 0.4) is 0 Å². The van der Waals surface area contributed by atoms with Crippen molar-refractivity contribution in [1.82, 2.24) is 5.32 Å². The number of unbranched alkanes of at least 4 members (excludes halogenated alkanes) is 1. The van der Waals surface area contributed by atoms with Crippen molar-refractivity contribution >= 4 is 0 Å². The van der Waals surface area contributed by atoms with Crippen LogP contribution in [-0.2, 0) is 0 Å². The Morgan fingerprint density at radius 3 is 2.35 bits per heavy atom. The van der Waals surface area contributed by atoms with Crippen molar-refractivity contribution in [3.63, 3.8) is 0 Å². The number of rotatable bonds is 8. The minimum absolute atomic E-state index is 0.742. The average molecular weight is 239 g/mol. The van der Waals surface area contributed by atoms with Gasteiger partial charge in [0.05, 0.1) is 0 Å². The summed E-state index contributed by atoms with van der Waals surface area (Å²) in [5, 5.41) is 3.62. The molecule has 1 atom stereocenters. The molecule has 1 unspecified atom stereocenters. The van der Waals surface area contributed by atoms with E-state index in [2.05, 4.69) is 26.1 Å². The first-order chi connectivity index (χ1) is 8.24. The topological polar surface area (TPSA) is 12.0 Å². The van der Waals surface area contributed by atoms with Gasteiger partial charge in [0.15, 0.2) is 0 Å². The molecule has 0 spiro atoms. The maximum Gasteiger partial charge on any atom is 0.00899 e. The molecule has 0 bridgehead atoms. The van der Waals surface area contributed by atoms with Crippen molar-refractivity contribution in [2.45, 2.75) is 84.6 Å². The lowest BCUT2D eigenvalue weighted by atomic mass is 9.85. The van der Waals surface area contributed by atoms with E-state index >= 15 is 0 Å². The van der Waals surface area contributed by atoms with Crippen molar-refractivity contribution in [1.29, 1.82) is 0 Å². The zero-order chi connectivity index (χ0) is 12.5. The van der Waals surface area contributed by atoms with Gasteiger partial charge in [0, 0.05) is 6.04 Å². The minimum Gasteiger partial charge on any atom is -0.314 e. The molecule has 1 heteroatoms. The summed E-state index contributed by atoms with van der Waals surface area (Å²) in [4.78, 5) is 0. The van der Waals surface area contributed by atoms with Crippen molar-refractivity contribution in [2.75, 3.05) is 6.54 Å². The fraction of sp³-hybridized carbons (Fsp3) is 1.00. The third kappa shape index (κ3) is 6.45. The predicted octanol–water partition coefficient (Wildman–Crippen LogP) is 4.76. The van der Waals surface area contributed by atoms with Gasteiger partial charge >= 0.3 is 0 Å². The first-order valence-corrected chi connectivity index (χ1v) is 7.97. The van der Waals surface area contributed by atoms with Gasteiger partial charge in [-0.1, -0.05) is 72.1 Å². The molecule has 1 rings (SSSR count). The first kappa shape index (κ1) is 15.0. The molecule has 1 N–H and O–H groups in total. The van der Waals surface area contributed by atoms with Crippen LogP contribution in [-0.4, -0.2) is 12.6 Å². The zero-order valence-corrected chi connectivity index (χ0v) is 12.3. The van der Waals surface area contributed by atoms with E-state index in [-0.39, 0.29) is 0 Å². The van der Waals surface area contributed by atoms with E-state index in [0.717, 1.165) is 24.4 Å². The van der Waals surface area contributed by atoms with Crippen LogP contribution in [0.2, 0.25) is 0 Å². The fourth-order valence-corrected chi connectivity index (χ4v) is 3.21. The van der Waals surface area contributed by atoms with Crippen molar-refractivity contribution in [2.24, 2.45) is 11.8 Å². The molecule has 0 heterocycles. The Morgan fingerprint density at radius 2 is 1.76 bits per heavy atom. The third-order valence-corrected chi connectivity index (χ3v) is 4.37. The molecule has 0 aromatic rings. The molecule has 0 radical (unpaired) electrons. The maximum absolute atomic E-state index is 3.62. The van der Waals surface area contributed by atoms with E-state index in [1.54, 1.807) is 0 Å². The molecule has 17 heavy (non-hydrogen) atoms. The molecule has 1 aliphatic carbocycles. The van der Waals surface area contributed by atoms with Crippen molar-refractivity contribution < 1.29 is 0 Å². The van der Waals surface area contributed by atoms with E-state index in [1.165, 1.54) is 57.8 Å². The molecule has 0 saturated heterocycles. The lowest BCUT2D eigenvalue weighted by Crippen LogP contribution is -2.33. The van der Waals surface area contributed by atoms with Crippen LogP contribution in [0.5, 0.6) is 0 Å². The van der Waals surface area contributed by atoms with Gasteiger partial charge in [0.2, 0.25) is 0 Å². The molecule has 1 saturated carbocycles. The highest BCUT2D eigenvalue weighted by molar-refractivity contribution is 4.71. The van der Waals surface area contributed by atoms with Crippen molar-refractivity contribution in [3.8, 4) is 0 Å². The Balaban J connectivity index is 2.04. The van der Waals surface area contributed by atoms with Gasteiger partial charge in [0.1, 0.15) is 0 Å². The van der Waals surface area contributed by atoms with Gasteiger partial charge in [0.25, 0.3) is 0 Å².